The zero-order chi connectivity index (χ0) is 21.8. The zero-order valence-corrected chi connectivity index (χ0v) is 17.4. The van der Waals surface area contributed by atoms with Crippen molar-refractivity contribution in [3.8, 4) is 5.75 Å². The van der Waals surface area contributed by atoms with Crippen molar-refractivity contribution in [3.63, 3.8) is 0 Å². The van der Waals surface area contributed by atoms with Gasteiger partial charge in [0.25, 0.3) is 0 Å². The van der Waals surface area contributed by atoms with Crippen LogP contribution in [0.5, 0.6) is 5.75 Å². The largest absolute Gasteiger partial charge is 0.486 e. The third-order valence-electron chi connectivity index (χ3n) is 4.05. The number of amides is 1. The van der Waals surface area contributed by atoms with Crippen LogP contribution in [0, 0.1) is 17.5 Å². The average molecular weight is 457 g/mol. The third-order valence-corrected chi connectivity index (χ3v) is 5.44. The lowest BCUT2D eigenvalue weighted by Gasteiger charge is -2.12. The van der Waals surface area contributed by atoms with E-state index in [-0.39, 0.29) is 6.61 Å². The number of carbonyl (C=O) groups excluding carboxylic acids is 1. The van der Waals surface area contributed by atoms with Crippen molar-refractivity contribution in [1.82, 2.24) is 14.8 Å². The molecule has 0 spiro atoms. The Morgan fingerprint density at radius 1 is 1.17 bits per heavy atom. The second-order valence-corrected chi connectivity index (χ2v) is 7.92. The van der Waals surface area contributed by atoms with Gasteiger partial charge >= 0.3 is 0 Å². The molecular formula is C19H16ClF3N4O2S. The first kappa shape index (κ1) is 22.0. The Kier molecular flexibility index (Phi) is 6.88. The summed E-state index contributed by atoms with van der Waals surface area (Å²) < 4.78 is 47.4. The van der Waals surface area contributed by atoms with Gasteiger partial charge < -0.3 is 14.6 Å². The van der Waals surface area contributed by atoms with Gasteiger partial charge in [-0.05, 0) is 43.3 Å². The molecule has 0 saturated carbocycles. The molecule has 0 aliphatic rings. The van der Waals surface area contributed by atoms with Crippen LogP contribution in [0.3, 0.4) is 0 Å². The van der Waals surface area contributed by atoms with E-state index in [4.69, 9.17) is 16.3 Å². The summed E-state index contributed by atoms with van der Waals surface area (Å²) in [6.45, 7) is 1.71. The molecule has 0 fully saturated rings. The Morgan fingerprint density at radius 3 is 2.57 bits per heavy atom. The van der Waals surface area contributed by atoms with E-state index in [0.29, 0.717) is 21.8 Å². The van der Waals surface area contributed by atoms with E-state index in [2.05, 4.69) is 15.5 Å². The van der Waals surface area contributed by atoms with Crippen molar-refractivity contribution in [2.75, 3.05) is 5.32 Å². The number of rotatable bonds is 7. The molecule has 30 heavy (non-hydrogen) atoms. The quantitative estimate of drug-likeness (QED) is 0.416. The highest BCUT2D eigenvalue weighted by molar-refractivity contribution is 8.00. The lowest BCUT2D eigenvalue weighted by molar-refractivity contribution is -0.115. The fourth-order valence-corrected chi connectivity index (χ4v) is 3.28. The number of halogens is 4. The van der Waals surface area contributed by atoms with E-state index in [0.717, 1.165) is 23.9 Å². The number of benzene rings is 2. The minimum absolute atomic E-state index is 0.145. The van der Waals surface area contributed by atoms with Gasteiger partial charge in [-0.25, -0.2) is 13.2 Å². The number of aromatic nitrogens is 3. The maximum Gasteiger partial charge on any atom is 0.237 e. The van der Waals surface area contributed by atoms with Crippen LogP contribution in [0.2, 0.25) is 5.02 Å². The second kappa shape index (κ2) is 9.40. The number of hydrogen-bond acceptors (Lipinski definition) is 5. The Bertz CT molecular complexity index is 1060. The van der Waals surface area contributed by atoms with E-state index < -0.39 is 34.3 Å². The Balaban J connectivity index is 1.61. The molecule has 0 saturated heterocycles. The van der Waals surface area contributed by atoms with Gasteiger partial charge in [0, 0.05) is 12.1 Å². The van der Waals surface area contributed by atoms with Crippen molar-refractivity contribution >= 4 is 35.0 Å². The van der Waals surface area contributed by atoms with Crippen LogP contribution >= 0.6 is 23.4 Å². The molecule has 0 aliphatic heterocycles. The smallest absolute Gasteiger partial charge is 0.237 e. The van der Waals surface area contributed by atoms with E-state index in [1.165, 1.54) is 0 Å². The zero-order valence-electron chi connectivity index (χ0n) is 15.8. The van der Waals surface area contributed by atoms with Crippen molar-refractivity contribution in [2.45, 2.75) is 23.9 Å². The topological polar surface area (TPSA) is 69.0 Å². The van der Waals surface area contributed by atoms with Crippen molar-refractivity contribution in [1.29, 1.82) is 0 Å². The molecule has 0 unspecified atom stereocenters. The van der Waals surface area contributed by atoms with Crippen LogP contribution in [0.1, 0.15) is 12.7 Å². The minimum atomic E-state index is -1.65. The first-order valence-electron chi connectivity index (χ1n) is 8.64. The fourth-order valence-electron chi connectivity index (χ4n) is 2.32. The van der Waals surface area contributed by atoms with Gasteiger partial charge in [-0.2, -0.15) is 0 Å². The molecule has 11 heteroatoms. The second-order valence-electron chi connectivity index (χ2n) is 6.17. The highest BCUT2D eigenvalue weighted by Gasteiger charge is 2.21. The molecule has 2 aromatic carbocycles. The molecule has 0 bridgehead atoms. The fraction of sp³-hybridized carbons (Fsp3) is 0.211. The number of nitrogens with one attached hydrogen (secondary N) is 1. The van der Waals surface area contributed by atoms with Crippen LogP contribution in [0.25, 0.3) is 0 Å². The number of ether oxygens (including phenoxy) is 1. The molecule has 1 amide bonds. The number of thioether (sulfide) groups is 1. The SMILES string of the molecule is C[C@@H](Sc1nnc(COc2ccc(Cl)cc2)n1C)C(=O)Nc1ccc(F)c(F)c1F. The van der Waals surface area contributed by atoms with E-state index >= 15 is 0 Å². The number of carbonyl (C=O) groups is 1. The summed E-state index contributed by atoms with van der Waals surface area (Å²) in [5, 5.41) is 10.6. The summed E-state index contributed by atoms with van der Waals surface area (Å²) in [7, 11) is 1.71. The summed E-state index contributed by atoms with van der Waals surface area (Å²) in [6.07, 6.45) is 0. The van der Waals surface area contributed by atoms with Gasteiger partial charge in [0.05, 0.1) is 10.9 Å². The van der Waals surface area contributed by atoms with Crippen LogP contribution < -0.4 is 10.1 Å². The normalized spacial score (nSPS) is 11.9. The number of nitrogens with zero attached hydrogens (tertiary/aromatic N) is 3. The maximum atomic E-state index is 13.7. The summed E-state index contributed by atoms with van der Waals surface area (Å²) in [5.74, 6) is -3.91. The first-order valence-corrected chi connectivity index (χ1v) is 9.89. The molecule has 0 aliphatic carbocycles. The third kappa shape index (κ3) is 5.06. The Labute approximate surface area is 179 Å². The van der Waals surface area contributed by atoms with Crippen molar-refractivity contribution < 1.29 is 22.7 Å². The van der Waals surface area contributed by atoms with E-state index in [1.807, 2.05) is 0 Å². The predicted molar refractivity (Wildman–Crippen MR) is 107 cm³/mol. The minimum Gasteiger partial charge on any atom is -0.486 e. The molecule has 3 aromatic rings. The average Bonchev–Trinajstić information content (AvgIpc) is 3.07. The monoisotopic (exact) mass is 456 g/mol. The Morgan fingerprint density at radius 2 is 1.87 bits per heavy atom. The number of anilines is 1. The van der Waals surface area contributed by atoms with Gasteiger partial charge in [0.1, 0.15) is 12.4 Å². The molecule has 1 aromatic heterocycles. The van der Waals surface area contributed by atoms with Crippen molar-refractivity contribution in [3.05, 3.63) is 64.7 Å². The van der Waals surface area contributed by atoms with Crippen LogP contribution in [-0.2, 0) is 18.4 Å². The van der Waals surface area contributed by atoms with Crippen LogP contribution in [0.4, 0.5) is 18.9 Å². The molecule has 158 valence electrons. The molecule has 1 heterocycles. The molecule has 1 atom stereocenters. The van der Waals surface area contributed by atoms with Crippen LogP contribution in [0.15, 0.2) is 41.6 Å². The summed E-state index contributed by atoms with van der Waals surface area (Å²) in [5.41, 5.74) is -0.443. The molecule has 6 nitrogen and oxygen atoms in total. The lowest BCUT2D eigenvalue weighted by Crippen LogP contribution is -2.23. The van der Waals surface area contributed by atoms with E-state index in [9.17, 15) is 18.0 Å². The highest BCUT2D eigenvalue weighted by Crippen LogP contribution is 2.25. The summed E-state index contributed by atoms with van der Waals surface area (Å²) in [6, 6.07) is 8.53. The summed E-state index contributed by atoms with van der Waals surface area (Å²) in [4.78, 5) is 12.3. The first-order chi connectivity index (χ1) is 14.3. The van der Waals surface area contributed by atoms with Gasteiger partial charge in [0.15, 0.2) is 28.4 Å². The molecular weight excluding hydrogens is 441 g/mol. The van der Waals surface area contributed by atoms with E-state index in [1.54, 1.807) is 42.8 Å². The van der Waals surface area contributed by atoms with Gasteiger partial charge in [-0.3, -0.25) is 4.79 Å². The standard InChI is InChI=1S/C19H16ClF3N4O2S/c1-10(18(28)24-14-8-7-13(21)16(22)17(14)23)30-19-26-25-15(27(19)2)9-29-12-5-3-11(20)4-6-12/h3-8,10H,9H2,1-2H3,(H,24,28)/t10-/m1/s1. The predicted octanol–water partition coefficient (Wildman–Crippen LogP) is 4.58. The van der Waals surface area contributed by atoms with Gasteiger partial charge in [-0.1, -0.05) is 23.4 Å². The lowest BCUT2D eigenvalue weighted by atomic mass is 10.2. The highest BCUT2D eigenvalue weighted by atomic mass is 35.5. The van der Waals surface area contributed by atoms with Crippen molar-refractivity contribution in [2.24, 2.45) is 7.05 Å². The number of hydrogen-bond donors (Lipinski definition) is 1. The van der Waals surface area contributed by atoms with Gasteiger partial charge in [-0.15, -0.1) is 10.2 Å². The summed E-state index contributed by atoms with van der Waals surface area (Å²) >= 11 is 6.90. The maximum absolute atomic E-state index is 13.7. The molecule has 0 radical (unpaired) electrons. The Hall–Kier alpha value is -2.72. The molecule has 3 rings (SSSR count). The van der Waals surface area contributed by atoms with Gasteiger partial charge in [0.2, 0.25) is 5.91 Å². The molecule has 1 N–H and O–H groups in total. The van der Waals surface area contributed by atoms with Crippen LogP contribution in [-0.4, -0.2) is 25.9 Å².